The Hall–Kier alpha value is -1.19. The predicted octanol–water partition coefficient (Wildman–Crippen LogP) is 1.52. The van der Waals surface area contributed by atoms with E-state index in [1.54, 1.807) is 0 Å². The fourth-order valence-corrected chi connectivity index (χ4v) is 2.44. The molecule has 2 N–H and O–H groups in total. The summed E-state index contributed by atoms with van der Waals surface area (Å²) in [5, 5.41) is 14.9. The minimum atomic E-state index is -1.29. The zero-order valence-electron chi connectivity index (χ0n) is 8.94. The first kappa shape index (κ1) is 14.9. The molecule has 1 amide bonds. The number of aliphatic carboxylic acids is 1. The number of nitrogens with zero attached hydrogens (tertiary/aromatic N) is 2. The maximum Gasteiger partial charge on any atom is 0.360 e. The highest BCUT2D eigenvalue weighted by atomic mass is 79.9. The molecule has 0 aliphatic carbocycles. The second kappa shape index (κ2) is 6.66. The number of nitrogens with one attached hydrogen (secondary N) is 1. The van der Waals surface area contributed by atoms with Crippen molar-refractivity contribution in [3.63, 3.8) is 0 Å². The van der Waals surface area contributed by atoms with E-state index in [9.17, 15) is 9.59 Å². The summed E-state index contributed by atoms with van der Waals surface area (Å²) in [5.74, 6) is -1.95. The number of carboxylic acid groups (broad SMARTS) is 1. The van der Waals surface area contributed by atoms with E-state index in [1.807, 2.05) is 0 Å². The fourth-order valence-electron chi connectivity index (χ4n) is 0.929. The summed E-state index contributed by atoms with van der Waals surface area (Å²) in [6, 6.07) is 0. The summed E-state index contributed by atoms with van der Waals surface area (Å²) in [4.78, 5) is 30.4. The van der Waals surface area contributed by atoms with Gasteiger partial charge in [0.25, 0.3) is 0 Å². The van der Waals surface area contributed by atoms with Crippen molar-refractivity contribution >= 4 is 61.6 Å². The Balaban J connectivity index is 3.07. The molecule has 7 nitrogen and oxygen atoms in total. The van der Waals surface area contributed by atoms with Gasteiger partial charge in [-0.1, -0.05) is 16.5 Å². The van der Waals surface area contributed by atoms with Gasteiger partial charge in [0, 0.05) is 0 Å². The number of amides is 1. The number of anilines is 1. The van der Waals surface area contributed by atoms with Crippen molar-refractivity contribution in [2.75, 3.05) is 18.3 Å². The molecule has 0 aliphatic rings. The Morgan fingerprint density at radius 3 is 2.83 bits per heavy atom. The molecule has 0 bridgehead atoms. The largest absolute Gasteiger partial charge is 0.476 e. The molecule has 0 atom stereocenters. The molecule has 18 heavy (non-hydrogen) atoms. The fraction of sp³-hybridized carbons (Fsp3) is 0.250. The van der Waals surface area contributed by atoms with Crippen molar-refractivity contribution in [1.29, 1.82) is 0 Å². The summed E-state index contributed by atoms with van der Waals surface area (Å²) in [6.07, 6.45) is 0. The van der Waals surface area contributed by atoms with Gasteiger partial charge in [0.05, 0.1) is 0 Å². The van der Waals surface area contributed by atoms with E-state index < -0.39 is 11.9 Å². The molecular formula is C8H7BrClN3O4S. The van der Waals surface area contributed by atoms with Gasteiger partial charge in [0.15, 0.2) is 5.13 Å². The zero-order chi connectivity index (χ0) is 13.7. The van der Waals surface area contributed by atoms with E-state index in [1.165, 1.54) is 7.11 Å². The van der Waals surface area contributed by atoms with E-state index in [-0.39, 0.29) is 22.4 Å². The van der Waals surface area contributed by atoms with E-state index in [0.29, 0.717) is 3.79 Å². The van der Waals surface area contributed by atoms with Gasteiger partial charge in [-0.15, -0.1) is 11.6 Å². The van der Waals surface area contributed by atoms with Crippen LogP contribution < -0.4 is 5.32 Å². The second-order valence-corrected chi connectivity index (χ2v) is 5.33. The van der Waals surface area contributed by atoms with Gasteiger partial charge in [-0.3, -0.25) is 4.79 Å². The lowest BCUT2D eigenvalue weighted by Gasteiger charge is -1.97. The summed E-state index contributed by atoms with van der Waals surface area (Å²) in [5.41, 5.74) is -0.300. The summed E-state index contributed by atoms with van der Waals surface area (Å²) in [6.45, 7) is 0. The topological polar surface area (TPSA) is 101 Å². The highest BCUT2D eigenvalue weighted by Gasteiger charge is 2.22. The van der Waals surface area contributed by atoms with Crippen molar-refractivity contribution in [3.8, 4) is 0 Å². The molecule has 0 radical (unpaired) electrons. The van der Waals surface area contributed by atoms with E-state index >= 15 is 0 Å². The van der Waals surface area contributed by atoms with Crippen LogP contribution in [0.4, 0.5) is 5.13 Å². The molecule has 1 aromatic heterocycles. The number of thiazole rings is 1. The van der Waals surface area contributed by atoms with E-state index in [2.05, 4.69) is 36.2 Å². The number of hydrogen-bond acceptors (Lipinski definition) is 6. The van der Waals surface area contributed by atoms with Crippen LogP contribution in [0.2, 0.25) is 0 Å². The van der Waals surface area contributed by atoms with Crippen molar-refractivity contribution in [3.05, 3.63) is 9.48 Å². The number of carbonyl (C=O) groups excluding carboxylic acids is 1. The van der Waals surface area contributed by atoms with Crippen LogP contribution in [0, 0.1) is 0 Å². The van der Waals surface area contributed by atoms with Crippen molar-refractivity contribution in [2.24, 2.45) is 5.16 Å². The Morgan fingerprint density at radius 2 is 2.33 bits per heavy atom. The third kappa shape index (κ3) is 3.65. The molecule has 0 unspecified atom stereocenters. The van der Waals surface area contributed by atoms with Crippen LogP contribution in [0.5, 0.6) is 0 Å². The number of carbonyl (C=O) groups is 2. The summed E-state index contributed by atoms with van der Waals surface area (Å²) in [7, 11) is 1.22. The highest BCUT2D eigenvalue weighted by molar-refractivity contribution is 9.11. The Bertz CT molecular complexity index is 505. The monoisotopic (exact) mass is 355 g/mol. The van der Waals surface area contributed by atoms with E-state index in [0.717, 1.165) is 11.3 Å². The van der Waals surface area contributed by atoms with Crippen LogP contribution in [0.3, 0.4) is 0 Å². The van der Waals surface area contributed by atoms with Crippen molar-refractivity contribution < 1.29 is 19.5 Å². The quantitative estimate of drug-likeness (QED) is 0.473. The van der Waals surface area contributed by atoms with Gasteiger partial charge in [0.1, 0.15) is 22.5 Å². The van der Waals surface area contributed by atoms with Crippen molar-refractivity contribution in [2.45, 2.75) is 0 Å². The van der Waals surface area contributed by atoms with Gasteiger partial charge >= 0.3 is 5.97 Å². The Labute approximate surface area is 119 Å². The number of oxime groups is 1. The normalized spacial score (nSPS) is 11.2. The molecule has 0 aliphatic heterocycles. The van der Waals surface area contributed by atoms with Gasteiger partial charge < -0.3 is 15.3 Å². The molecule has 98 valence electrons. The highest BCUT2D eigenvalue weighted by Crippen LogP contribution is 2.29. The lowest BCUT2D eigenvalue weighted by molar-refractivity contribution is -0.129. The molecule has 1 aromatic rings. The lowest BCUT2D eigenvalue weighted by Crippen LogP contribution is -2.17. The molecule has 0 aromatic carbocycles. The maximum absolute atomic E-state index is 11.1. The summed E-state index contributed by atoms with van der Waals surface area (Å²) < 4.78 is 0.408. The number of hydrogen-bond donors (Lipinski definition) is 2. The minimum Gasteiger partial charge on any atom is -0.476 e. The van der Waals surface area contributed by atoms with Crippen LogP contribution in [0.25, 0.3) is 0 Å². The number of halogens is 2. The van der Waals surface area contributed by atoms with Crippen LogP contribution in [0.15, 0.2) is 8.94 Å². The molecular weight excluding hydrogens is 350 g/mol. The average Bonchev–Trinajstić information content (AvgIpc) is 2.66. The number of aromatic nitrogens is 1. The third-order valence-corrected chi connectivity index (χ3v) is 3.43. The smallest absolute Gasteiger partial charge is 0.360 e. The van der Waals surface area contributed by atoms with Gasteiger partial charge in [-0.25, -0.2) is 9.78 Å². The molecule has 1 rings (SSSR count). The van der Waals surface area contributed by atoms with Gasteiger partial charge in [-0.05, 0) is 15.9 Å². The standard InChI is InChI=1S/C8H7BrClN3O4S/c1-17-13-5(7(15)16)4-6(9)18-8(12-4)11-3(14)2-10/h2H2,1H3,(H,15,16)(H,11,12,14). The van der Waals surface area contributed by atoms with Gasteiger partial charge in [-0.2, -0.15) is 0 Å². The lowest BCUT2D eigenvalue weighted by atomic mass is 10.3. The van der Waals surface area contributed by atoms with E-state index in [4.69, 9.17) is 16.7 Å². The predicted molar refractivity (Wildman–Crippen MR) is 70.3 cm³/mol. The third-order valence-electron chi connectivity index (χ3n) is 1.56. The average molecular weight is 357 g/mol. The molecule has 0 saturated heterocycles. The van der Waals surface area contributed by atoms with Crippen LogP contribution in [0.1, 0.15) is 5.69 Å². The zero-order valence-corrected chi connectivity index (χ0v) is 12.1. The SMILES string of the molecule is CON=C(C(=O)O)c1nc(NC(=O)CCl)sc1Br. The molecule has 0 spiro atoms. The Kier molecular flexibility index (Phi) is 5.51. The maximum atomic E-state index is 11.1. The first-order valence-electron chi connectivity index (χ1n) is 4.36. The van der Waals surface area contributed by atoms with Gasteiger partial charge in [0.2, 0.25) is 11.6 Å². The van der Waals surface area contributed by atoms with Crippen LogP contribution >= 0.6 is 38.9 Å². The van der Waals surface area contributed by atoms with Crippen molar-refractivity contribution in [1.82, 2.24) is 4.98 Å². The summed E-state index contributed by atoms with van der Waals surface area (Å²) >= 11 is 9.51. The molecule has 10 heteroatoms. The first-order chi connectivity index (χ1) is 8.49. The second-order valence-electron chi connectivity index (χ2n) is 2.75. The molecule has 1 heterocycles. The first-order valence-corrected chi connectivity index (χ1v) is 6.51. The van der Waals surface area contributed by atoms with Crippen LogP contribution in [-0.2, 0) is 14.4 Å². The molecule has 0 saturated carbocycles. The number of rotatable bonds is 5. The molecule has 0 fully saturated rings. The number of carboxylic acids is 1. The Morgan fingerprint density at radius 1 is 1.67 bits per heavy atom. The van der Waals surface area contributed by atoms with Crippen LogP contribution in [-0.4, -0.2) is 40.7 Å². The number of alkyl halides is 1. The minimum absolute atomic E-state index is 0.0687.